The maximum Gasteiger partial charge on any atom is 0.336 e. The van der Waals surface area contributed by atoms with Crippen molar-refractivity contribution in [3.63, 3.8) is 0 Å². The van der Waals surface area contributed by atoms with Gasteiger partial charge in [0.05, 0.1) is 32.1 Å². The molecule has 1 amide bonds. The summed E-state index contributed by atoms with van der Waals surface area (Å²) in [5, 5.41) is 6.22. The zero-order chi connectivity index (χ0) is 13.1. The van der Waals surface area contributed by atoms with E-state index in [0.717, 1.165) is 0 Å². The van der Waals surface area contributed by atoms with Crippen LogP contribution < -0.4 is 5.73 Å². The number of hydrogen-bond donors (Lipinski definition) is 2. The molecule has 1 aromatic rings. The van der Waals surface area contributed by atoms with Crippen LogP contribution in [-0.2, 0) is 14.3 Å². The number of ether oxygens (including phenoxy) is 2. The van der Waals surface area contributed by atoms with E-state index in [2.05, 4.69) is 14.9 Å². The number of carbonyl (C=O) groups excluding carboxylic acids is 2. The molecule has 0 spiro atoms. The van der Waals surface area contributed by atoms with Crippen LogP contribution in [0.2, 0.25) is 0 Å². The number of amides is 1. The number of nitrogens with two attached hydrogens (primary N) is 1. The molecule has 1 aliphatic rings. The number of hydrogen-bond acceptors (Lipinski definition) is 6. The first-order chi connectivity index (χ1) is 8.63. The van der Waals surface area contributed by atoms with Gasteiger partial charge in [-0.15, -0.1) is 0 Å². The van der Waals surface area contributed by atoms with Crippen molar-refractivity contribution < 1.29 is 19.1 Å². The Morgan fingerprint density at radius 2 is 2.44 bits per heavy atom. The fourth-order valence-corrected chi connectivity index (χ4v) is 1.73. The maximum absolute atomic E-state index is 12.1. The van der Waals surface area contributed by atoms with Gasteiger partial charge < -0.3 is 20.1 Å². The van der Waals surface area contributed by atoms with Crippen LogP contribution in [0.1, 0.15) is 10.5 Å². The summed E-state index contributed by atoms with van der Waals surface area (Å²) < 4.78 is 9.82. The molecule has 1 atom stereocenters. The van der Waals surface area contributed by atoms with Gasteiger partial charge in [-0.3, -0.25) is 9.89 Å². The minimum atomic E-state index is -0.753. The topological polar surface area (TPSA) is 111 Å². The number of H-pyrrole nitrogens is 1. The lowest BCUT2D eigenvalue weighted by atomic mass is 10.2. The highest BCUT2D eigenvalue weighted by Gasteiger charge is 2.31. The number of nitrogen functional groups attached to an aromatic ring is 1. The Kier molecular flexibility index (Phi) is 3.47. The van der Waals surface area contributed by atoms with Gasteiger partial charge in [-0.05, 0) is 0 Å². The Morgan fingerprint density at radius 3 is 3.06 bits per heavy atom. The van der Waals surface area contributed by atoms with Crippen molar-refractivity contribution in [2.45, 2.75) is 6.10 Å². The predicted molar refractivity (Wildman–Crippen MR) is 60.7 cm³/mol. The summed E-state index contributed by atoms with van der Waals surface area (Å²) in [5.41, 5.74) is 6.11. The highest BCUT2D eigenvalue weighted by Crippen LogP contribution is 2.14. The van der Waals surface area contributed by atoms with Crippen molar-refractivity contribution >= 4 is 17.6 Å². The van der Waals surface area contributed by atoms with Crippen LogP contribution in [0.15, 0.2) is 6.20 Å². The molecule has 18 heavy (non-hydrogen) atoms. The van der Waals surface area contributed by atoms with E-state index in [9.17, 15) is 9.59 Å². The Morgan fingerprint density at radius 1 is 1.67 bits per heavy atom. The lowest BCUT2D eigenvalue weighted by Crippen LogP contribution is -2.49. The molecule has 1 aromatic heterocycles. The van der Waals surface area contributed by atoms with Crippen LogP contribution in [0.5, 0.6) is 0 Å². The molecule has 2 rings (SSSR count). The SMILES string of the molecule is COC(=O)C1CN(C(=O)c2[nH]ncc2N)CCO1. The minimum Gasteiger partial charge on any atom is -0.467 e. The average molecular weight is 254 g/mol. The first kappa shape index (κ1) is 12.4. The van der Waals surface area contributed by atoms with E-state index in [4.69, 9.17) is 10.5 Å². The molecular weight excluding hydrogens is 240 g/mol. The summed E-state index contributed by atoms with van der Waals surface area (Å²) in [5.74, 6) is -0.799. The van der Waals surface area contributed by atoms with Gasteiger partial charge in [0.25, 0.3) is 5.91 Å². The molecular formula is C10H14N4O4. The third-order valence-corrected chi connectivity index (χ3v) is 2.70. The van der Waals surface area contributed by atoms with Crippen molar-refractivity contribution in [2.24, 2.45) is 0 Å². The summed E-state index contributed by atoms with van der Waals surface area (Å²) in [6.07, 6.45) is 0.614. The molecule has 1 saturated heterocycles. The second-order valence-corrected chi connectivity index (χ2v) is 3.83. The van der Waals surface area contributed by atoms with Crippen LogP contribution in [0.4, 0.5) is 5.69 Å². The Labute approximate surface area is 103 Å². The van der Waals surface area contributed by atoms with E-state index in [0.29, 0.717) is 6.54 Å². The van der Waals surface area contributed by atoms with Gasteiger partial charge in [0.15, 0.2) is 6.10 Å². The van der Waals surface area contributed by atoms with Crippen LogP contribution in [0.25, 0.3) is 0 Å². The molecule has 0 bridgehead atoms. The molecule has 98 valence electrons. The quantitative estimate of drug-likeness (QED) is 0.655. The van der Waals surface area contributed by atoms with Crippen molar-refractivity contribution in [1.29, 1.82) is 0 Å². The van der Waals surface area contributed by atoms with E-state index in [1.807, 2.05) is 0 Å². The molecule has 2 heterocycles. The highest BCUT2D eigenvalue weighted by molar-refractivity contribution is 5.97. The zero-order valence-corrected chi connectivity index (χ0v) is 9.88. The number of aromatic amines is 1. The summed E-state index contributed by atoms with van der Waals surface area (Å²) in [4.78, 5) is 24.9. The van der Waals surface area contributed by atoms with Gasteiger partial charge in [-0.2, -0.15) is 5.10 Å². The molecule has 0 aromatic carbocycles. The van der Waals surface area contributed by atoms with Crippen LogP contribution >= 0.6 is 0 Å². The number of nitrogens with one attached hydrogen (secondary N) is 1. The van der Waals surface area contributed by atoms with Crippen molar-refractivity contribution in [3.8, 4) is 0 Å². The van der Waals surface area contributed by atoms with Gasteiger partial charge >= 0.3 is 5.97 Å². The number of nitrogens with zero attached hydrogens (tertiary/aromatic N) is 2. The number of anilines is 1. The van der Waals surface area contributed by atoms with E-state index in [1.54, 1.807) is 0 Å². The standard InChI is InChI=1S/C10H14N4O4/c1-17-10(16)7-5-14(2-3-18-7)9(15)8-6(11)4-12-13-8/h4,7H,2-3,5,11H2,1H3,(H,12,13). The van der Waals surface area contributed by atoms with Crippen LogP contribution in [0.3, 0.4) is 0 Å². The van der Waals surface area contributed by atoms with Crippen LogP contribution in [-0.4, -0.2) is 59.9 Å². The highest BCUT2D eigenvalue weighted by atomic mass is 16.6. The molecule has 3 N–H and O–H groups in total. The van der Waals surface area contributed by atoms with Gasteiger partial charge in [-0.25, -0.2) is 4.79 Å². The Hall–Kier alpha value is -2.09. The molecule has 0 saturated carbocycles. The fraction of sp³-hybridized carbons (Fsp3) is 0.500. The molecule has 1 unspecified atom stereocenters. The number of aromatic nitrogens is 2. The molecule has 8 heteroatoms. The molecule has 1 aliphatic heterocycles. The van der Waals surface area contributed by atoms with Gasteiger partial charge in [0.1, 0.15) is 5.69 Å². The van der Waals surface area contributed by atoms with Gasteiger partial charge in [0.2, 0.25) is 0 Å². The van der Waals surface area contributed by atoms with Crippen molar-refractivity contribution in [1.82, 2.24) is 15.1 Å². The van der Waals surface area contributed by atoms with Gasteiger partial charge in [-0.1, -0.05) is 0 Å². The number of rotatable bonds is 2. The lowest BCUT2D eigenvalue weighted by Gasteiger charge is -2.31. The monoisotopic (exact) mass is 254 g/mol. The van der Waals surface area contributed by atoms with Crippen molar-refractivity contribution in [2.75, 3.05) is 32.5 Å². The number of esters is 1. The lowest BCUT2D eigenvalue weighted by molar-refractivity contribution is -0.158. The summed E-state index contributed by atoms with van der Waals surface area (Å²) in [6.45, 7) is 0.814. The summed E-state index contributed by atoms with van der Waals surface area (Å²) in [6, 6.07) is 0. The van der Waals surface area contributed by atoms with E-state index in [1.165, 1.54) is 18.2 Å². The molecule has 8 nitrogen and oxygen atoms in total. The zero-order valence-electron chi connectivity index (χ0n) is 9.88. The van der Waals surface area contributed by atoms with Gasteiger partial charge in [0, 0.05) is 6.54 Å². The predicted octanol–water partition coefficient (Wildman–Crippen LogP) is -0.994. The third kappa shape index (κ3) is 2.28. The Bertz CT molecular complexity index is 458. The number of methoxy groups -OCH3 is 1. The molecule has 0 aliphatic carbocycles. The first-order valence-corrected chi connectivity index (χ1v) is 5.41. The van der Waals surface area contributed by atoms with E-state index >= 15 is 0 Å². The van der Waals surface area contributed by atoms with E-state index < -0.39 is 12.1 Å². The first-order valence-electron chi connectivity index (χ1n) is 5.41. The van der Waals surface area contributed by atoms with Crippen LogP contribution in [0, 0.1) is 0 Å². The Balaban J connectivity index is 2.07. The second-order valence-electron chi connectivity index (χ2n) is 3.83. The normalized spacial score (nSPS) is 19.6. The maximum atomic E-state index is 12.1. The van der Waals surface area contributed by atoms with Crippen molar-refractivity contribution in [3.05, 3.63) is 11.9 Å². The largest absolute Gasteiger partial charge is 0.467 e. The van der Waals surface area contributed by atoms with E-state index in [-0.39, 0.29) is 30.4 Å². The smallest absolute Gasteiger partial charge is 0.336 e. The number of carbonyl (C=O) groups is 2. The second kappa shape index (κ2) is 5.05. The minimum absolute atomic E-state index is 0.143. The number of morpholine rings is 1. The third-order valence-electron chi connectivity index (χ3n) is 2.70. The summed E-state index contributed by atoms with van der Waals surface area (Å²) in [7, 11) is 1.28. The average Bonchev–Trinajstić information content (AvgIpc) is 2.83. The summed E-state index contributed by atoms with van der Waals surface area (Å²) >= 11 is 0. The fourth-order valence-electron chi connectivity index (χ4n) is 1.73. The molecule has 1 fully saturated rings. The molecule has 0 radical (unpaired) electrons.